The molecule has 1 aliphatic heterocycles. The van der Waals surface area contributed by atoms with E-state index in [1.54, 1.807) is 4.90 Å². The molecule has 1 atom stereocenters. The van der Waals surface area contributed by atoms with Crippen molar-refractivity contribution in [3.05, 3.63) is 65.9 Å². The lowest BCUT2D eigenvalue weighted by atomic mass is 9.80. The van der Waals surface area contributed by atoms with Crippen LogP contribution in [0.2, 0.25) is 0 Å². The molecule has 1 unspecified atom stereocenters. The Labute approximate surface area is 210 Å². The number of carbonyl (C=O) groups is 1. The molecule has 192 valence electrons. The molecule has 36 heavy (non-hydrogen) atoms. The summed E-state index contributed by atoms with van der Waals surface area (Å²) in [7, 11) is 0. The number of fused-ring (bicyclic) bond motifs is 1. The van der Waals surface area contributed by atoms with E-state index in [9.17, 15) is 13.6 Å². The van der Waals surface area contributed by atoms with Gasteiger partial charge in [0.1, 0.15) is 11.6 Å². The molecular formula is C28H35F2N5O. The SMILES string of the molecule is NCC(NC1CCC(c2c[nH]c3ccccc23)CC1)C1CCN(C(=O)Nc2cc(F)cc(F)c2)CC1. The van der Waals surface area contributed by atoms with Crippen LogP contribution in [0.4, 0.5) is 19.3 Å². The Morgan fingerprint density at radius 2 is 1.72 bits per heavy atom. The van der Waals surface area contributed by atoms with Crippen molar-refractivity contribution in [1.29, 1.82) is 0 Å². The number of hydrogen-bond acceptors (Lipinski definition) is 3. The van der Waals surface area contributed by atoms with E-state index in [0.717, 1.165) is 56.7 Å². The summed E-state index contributed by atoms with van der Waals surface area (Å²) < 4.78 is 26.8. The number of rotatable bonds is 6. The summed E-state index contributed by atoms with van der Waals surface area (Å²) in [6.45, 7) is 1.77. The Balaban J connectivity index is 1.10. The molecule has 0 bridgehead atoms. The van der Waals surface area contributed by atoms with E-state index in [-0.39, 0.29) is 17.8 Å². The zero-order chi connectivity index (χ0) is 25.1. The van der Waals surface area contributed by atoms with Crippen molar-refractivity contribution in [3.8, 4) is 0 Å². The van der Waals surface area contributed by atoms with Crippen LogP contribution in [0.1, 0.15) is 50.0 Å². The van der Waals surface area contributed by atoms with Crippen molar-refractivity contribution in [2.45, 2.75) is 56.5 Å². The monoisotopic (exact) mass is 495 g/mol. The number of carbonyl (C=O) groups excluding carboxylic acids is 1. The average molecular weight is 496 g/mol. The number of anilines is 1. The first kappa shape index (κ1) is 24.7. The van der Waals surface area contributed by atoms with Crippen molar-refractivity contribution in [1.82, 2.24) is 15.2 Å². The van der Waals surface area contributed by atoms with Gasteiger partial charge in [-0.3, -0.25) is 0 Å². The molecular weight excluding hydrogens is 460 g/mol. The predicted octanol–water partition coefficient (Wildman–Crippen LogP) is 5.33. The lowest BCUT2D eigenvalue weighted by Crippen LogP contribution is -2.52. The number of urea groups is 1. The number of nitrogens with one attached hydrogen (secondary N) is 3. The van der Waals surface area contributed by atoms with Crippen LogP contribution in [0.25, 0.3) is 10.9 Å². The molecule has 2 heterocycles. The van der Waals surface area contributed by atoms with Gasteiger partial charge in [-0.15, -0.1) is 0 Å². The number of piperidine rings is 1. The Morgan fingerprint density at radius 3 is 2.42 bits per heavy atom. The Morgan fingerprint density at radius 1 is 1.03 bits per heavy atom. The first-order valence-electron chi connectivity index (χ1n) is 13.0. The Bertz CT molecular complexity index is 1160. The van der Waals surface area contributed by atoms with E-state index < -0.39 is 11.6 Å². The van der Waals surface area contributed by atoms with Gasteiger partial charge in [-0.1, -0.05) is 18.2 Å². The predicted molar refractivity (Wildman–Crippen MR) is 139 cm³/mol. The molecule has 1 aliphatic carbocycles. The van der Waals surface area contributed by atoms with E-state index in [1.807, 2.05) is 0 Å². The van der Waals surface area contributed by atoms with Crippen molar-refractivity contribution in [3.63, 3.8) is 0 Å². The van der Waals surface area contributed by atoms with Crippen LogP contribution in [-0.4, -0.2) is 47.6 Å². The summed E-state index contributed by atoms with van der Waals surface area (Å²) in [4.78, 5) is 17.7. The highest BCUT2D eigenvalue weighted by atomic mass is 19.1. The fourth-order valence-corrected chi connectivity index (χ4v) is 6.04. The van der Waals surface area contributed by atoms with Crippen LogP contribution in [0, 0.1) is 17.6 Å². The lowest BCUT2D eigenvalue weighted by Gasteiger charge is -2.39. The summed E-state index contributed by atoms with van der Waals surface area (Å²) >= 11 is 0. The van der Waals surface area contributed by atoms with Crippen LogP contribution in [0.15, 0.2) is 48.7 Å². The summed E-state index contributed by atoms with van der Waals surface area (Å²) in [6.07, 6.45) is 8.47. The third-order valence-electron chi connectivity index (χ3n) is 8.00. The molecule has 2 aliphatic rings. The summed E-state index contributed by atoms with van der Waals surface area (Å²) in [5.41, 5.74) is 8.95. The van der Waals surface area contributed by atoms with Gasteiger partial charge in [0, 0.05) is 60.6 Å². The normalized spacial score (nSPS) is 22.0. The van der Waals surface area contributed by atoms with Gasteiger partial charge in [0.2, 0.25) is 0 Å². The van der Waals surface area contributed by atoms with Crippen LogP contribution in [-0.2, 0) is 0 Å². The number of para-hydroxylation sites is 1. The molecule has 0 spiro atoms. The van der Waals surface area contributed by atoms with Crippen molar-refractivity contribution in [2.75, 3.05) is 25.0 Å². The maximum absolute atomic E-state index is 13.4. The zero-order valence-corrected chi connectivity index (χ0v) is 20.5. The van der Waals surface area contributed by atoms with Crippen LogP contribution >= 0.6 is 0 Å². The third-order valence-corrected chi connectivity index (χ3v) is 8.00. The number of likely N-dealkylation sites (tertiary alicyclic amines) is 1. The van der Waals surface area contributed by atoms with Gasteiger partial charge in [-0.2, -0.15) is 0 Å². The molecule has 6 nitrogen and oxygen atoms in total. The second-order valence-electron chi connectivity index (χ2n) is 10.3. The number of halogens is 2. The number of hydrogen-bond donors (Lipinski definition) is 4. The molecule has 8 heteroatoms. The molecule has 2 fully saturated rings. The number of benzene rings is 2. The smallest absolute Gasteiger partial charge is 0.321 e. The standard InChI is InChI=1S/C28H35F2N5O/c29-20-13-21(30)15-23(14-20)34-28(36)35-11-9-19(10-12-35)27(16-31)33-22-7-5-18(6-8-22)25-17-32-26-4-2-1-3-24(25)26/h1-4,13-15,17-19,22,27,32-33H,5-12,16,31H2,(H,34,36). The van der Waals surface area contributed by atoms with E-state index >= 15 is 0 Å². The van der Waals surface area contributed by atoms with Crippen LogP contribution in [0.5, 0.6) is 0 Å². The van der Waals surface area contributed by atoms with Gasteiger partial charge in [-0.05, 0) is 74.1 Å². The van der Waals surface area contributed by atoms with E-state index in [2.05, 4.69) is 46.1 Å². The minimum absolute atomic E-state index is 0.129. The van der Waals surface area contributed by atoms with Gasteiger partial charge < -0.3 is 26.3 Å². The largest absolute Gasteiger partial charge is 0.361 e. The van der Waals surface area contributed by atoms with Crippen molar-refractivity contribution >= 4 is 22.6 Å². The highest BCUT2D eigenvalue weighted by Gasteiger charge is 2.31. The lowest BCUT2D eigenvalue weighted by molar-refractivity contribution is 0.160. The maximum Gasteiger partial charge on any atom is 0.321 e. The molecule has 5 N–H and O–H groups in total. The van der Waals surface area contributed by atoms with Crippen LogP contribution in [0.3, 0.4) is 0 Å². The van der Waals surface area contributed by atoms with Crippen molar-refractivity contribution < 1.29 is 13.6 Å². The molecule has 1 aromatic heterocycles. The highest BCUT2D eigenvalue weighted by molar-refractivity contribution is 5.89. The number of aromatic nitrogens is 1. The minimum atomic E-state index is -0.712. The summed E-state index contributed by atoms with van der Waals surface area (Å²) in [5, 5.41) is 7.79. The molecule has 1 saturated heterocycles. The molecule has 2 amide bonds. The second-order valence-corrected chi connectivity index (χ2v) is 10.3. The molecule has 3 aromatic rings. The average Bonchev–Trinajstić information content (AvgIpc) is 3.31. The van der Waals surface area contributed by atoms with Gasteiger partial charge in [0.25, 0.3) is 0 Å². The van der Waals surface area contributed by atoms with Gasteiger partial charge in [0.15, 0.2) is 0 Å². The number of amides is 2. The zero-order valence-electron chi connectivity index (χ0n) is 20.5. The second kappa shape index (κ2) is 11.0. The van der Waals surface area contributed by atoms with Crippen molar-refractivity contribution in [2.24, 2.45) is 11.7 Å². The maximum atomic E-state index is 13.4. The van der Waals surface area contributed by atoms with E-state index in [1.165, 1.54) is 16.5 Å². The van der Waals surface area contributed by atoms with E-state index in [0.29, 0.717) is 37.5 Å². The molecule has 0 radical (unpaired) electrons. The topological polar surface area (TPSA) is 86.2 Å². The highest BCUT2D eigenvalue weighted by Crippen LogP contribution is 2.37. The van der Waals surface area contributed by atoms with Crippen LogP contribution < -0.4 is 16.4 Å². The van der Waals surface area contributed by atoms with Gasteiger partial charge in [-0.25, -0.2) is 13.6 Å². The van der Waals surface area contributed by atoms with Gasteiger partial charge in [0.05, 0.1) is 0 Å². The number of nitrogens with two attached hydrogens (primary N) is 1. The quantitative estimate of drug-likeness (QED) is 0.373. The van der Waals surface area contributed by atoms with Gasteiger partial charge >= 0.3 is 6.03 Å². The number of nitrogens with zero attached hydrogens (tertiary/aromatic N) is 1. The number of aromatic amines is 1. The Hall–Kier alpha value is -2.97. The first-order valence-corrected chi connectivity index (χ1v) is 13.0. The summed E-state index contributed by atoms with van der Waals surface area (Å²) in [5.74, 6) is -0.437. The fourth-order valence-electron chi connectivity index (χ4n) is 6.04. The fraction of sp³-hybridized carbons (Fsp3) is 0.464. The summed E-state index contributed by atoms with van der Waals surface area (Å²) in [6, 6.07) is 11.9. The minimum Gasteiger partial charge on any atom is -0.361 e. The Kier molecular flexibility index (Phi) is 7.53. The first-order chi connectivity index (χ1) is 17.5. The molecule has 5 rings (SSSR count). The number of H-pyrrole nitrogens is 1. The van der Waals surface area contributed by atoms with E-state index in [4.69, 9.17) is 5.73 Å². The molecule has 1 saturated carbocycles. The molecule has 2 aromatic carbocycles. The third kappa shape index (κ3) is 5.55.